The highest BCUT2D eigenvalue weighted by atomic mass is 127. The van der Waals surface area contributed by atoms with Gasteiger partial charge in [-0.1, -0.05) is 0 Å². The van der Waals surface area contributed by atoms with E-state index in [0.717, 1.165) is 9.75 Å². The molecule has 2 aromatic rings. The van der Waals surface area contributed by atoms with E-state index in [1.807, 2.05) is 6.92 Å². The van der Waals surface area contributed by atoms with Crippen LogP contribution in [0.2, 0.25) is 0 Å². The summed E-state index contributed by atoms with van der Waals surface area (Å²) < 4.78 is 37.6. The molecule has 1 aromatic heterocycles. The van der Waals surface area contributed by atoms with Gasteiger partial charge in [0.1, 0.15) is 0 Å². The van der Waals surface area contributed by atoms with Crippen molar-refractivity contribution in [3.63, 3.8) is 0 Å². The molecule has 0 amide bonds. The van der Waals surface area contributed by atoms with Crippen molar-refractivity contribution >= 4 is 57.0 Å². The highest BCUT2D eigenvalue weighted by Gasteiger charge is 2.18. The maximum absolute atomic E-state index is 12.3. The van der Waals surface area contributed by atoms with Crippen LogP contribution >= 0.6 is 35.3 Å². The van der Waals surface area contributed by atoms with Gasteiger partial charge in [-0.3, -0.25) is 4.99 Å². The Bertz CT molecular complexity index is 929. The third-order valence-electron chi connectivity index (χ3n) is 3.63. The van der Waals surface area contributed by atoms with Gasteiger partial charge in [0, 0.05) is 28.1 Å². The Morgan fingerprint density at radius 2 is 1.86 bits per heavy atom. The zero-order valence-electron chi connectivity index (χ0n) is 16.1. The molecule has 1 heterocycles. The van der Waals surface area contributed by atoms with E-state index in [1.165, 1.54) is 11.3 Å². The van der Waals surface area contributed by atoms with Crippen LogP contribution in [-0.4, -0.2) is 41.7 Å². The number of nitrogens with one attached hydrogen (secondary N) is 2. The summed E-state index contributed by atoms with van der Waals surface area (Å²) in [4.78, 5) is 6.15. The van der Waals surface area contributed by atoms with Gasteiger partial charge in [0.25, 0.3) is 0 Å². The number of thiophene rings is 1. The van der Waals surface area contributed by atoms with Crippen LogP contribution in [0.5, 0.6) is 11.5 Å². The number of hydrogen-bond donors (Lipinski definition) is 3. The molecule has 0 unspecified atom stereocenters. The van der Waals surface area contributed by atoms with Gasteiger partial charge in [-0.2, -0.15) is 0 Å². The molecule has 0 saturated heterocycles. The highest BCUT2D eigenvalue weighted by molar-refractivity contribution is 14.0. The number of anilines is 1. The summed E-state index contributed by atoms with van der Waals surface area (Å²) in [5.41, 5.74) is 6.53. The second kappa shape index (κ2) is 10.8. The summed E-state index contributed by atoms with van der Waals surface area (Å²) in [5, 5.41) is 2.93. The van der Waals surface area contributed by atoms with Crippen molar-refractivity contribution in [1.82, 2.24) is 4.72 Å². The molecule has 11 heteroatoms. The Hall–Kier alpha value is -1.57. The molecule has 0 radical (unpaired) electrons. The van der Waals surface area contributed by atoms with E-state index in [4.69, 9.17) is 15.2 Å². The smallest absolute Gasteiger partial charge is 0.241 e. The lowest BCUT2D eigenvalue weighted by atomic mass is 10.3. The molecular weight excluding hydrogens is 515 g/mol. The number of aliphatic imine (C=N–C) groups is 1. The van der Waals surface area contributed by atoms with Crippen molar-refractivity contribution in [3.05, 3.63) is 34.0 Å². The summed E-state index contributed by atoms with van der Waals surface area (Å²) in [6, 6.07) is 6.91. The van der Waals surface area contributed by atoms with Gasteiger partial charge in [-0.05, 0) is 32.0 Å². The number of sulfonamides is 1. The number of benzene rings is 1. The largest absolute Gasteiger partial charge is 0.493 e. The fraction of sp³-hybridized carbons (Fsp3) is 0.353. The zero-order chi connectivity index (χ0) is 20.0. The van der Waals surface area contributed by atoms with E-state index in [9.17, 15) is 8.42 Å². The van der Waals surface area contributed by atoms with Crippen LogP contribution in [0, 0.1) is 13.8 Å². The molecule has 8 nitrogen and oxygen atoms in total. The Balaban J connectivity index is 0.00000392. The zero-order valence-corrected chi connectivity index (χ0v) is 20.1. The summed E-state index contributed by atoms with van der Waals surface area (Å²) in [6.07, 6.45) is 0. The molecule has 0 aliphatic carbocycles. The summed E-state index contributed by atoms with van der Waals surface area (Å²) in [6.45, 7) is 4.01. The lowest BCUT2D eigenvalue weighted by Gasteiger charge is -2.11. The standard InChI is InChI=1S/C17H24N4O4S2.HI/c1-11-9-16(12(2)26-11)27(22,23)20-8-7-19-17(18)21-13-5-6-14(24-3)15(10-13)25-4;/h5-6,9-10,20H,7-8H2,1-4H3,(H3,18,19,21);1H. The van der Waals surface area contributed by atoms with Crippen molar-refractivity contribution in [2.24, 2.45) is 10.7 Å². The van der Waals surface area contributed by atoms with Crippen LogP contribution in [0.4, 0.5) is 5.69 Å². The second-order valence-corrected chi connectivity index (χ2v) is 8.83. The van der Waals surface area contributed by atoms with E-state index in [0.29, 0.717) is 22.1 Å². The molecule has 0 aliphatic heterocycles. The number of hydrogen-bond acceptors (Lipinski definition) is 6. The van der Waals surface area contributed by atoms with E-state index in [2.05, 4.69) is 15.0 Å². The third-order valence-corrected chi connectivity index (χ3v) is 6.31. The molecule has 0 fully saturated rings. The van der Waals surface area contributed by atoms with Gasteiger partial charge < -0.3 is 20.5 Å². The summed E-state index contributed by atoms with van der Waals surface area (Å²) in [5.74, 6) is 1.33. The third kappa shape index (κ3) is 6.50. The summed E-state index contributed by atoms with van der Waals surface area (Å²) >= 11 is 1.45. The Morgan fingerprint density at radius 1 is 1.18 bits per heavy atom. The number of nitrogens with two attached hydrogens (primary N) is 1. The molecule has 0 saturated carbocycles. The van der Waals surface area contributed by atoms with Crippen LogP contribution in [0.15, 0.2) is 34.2 Å². The molecule has 28 heavy (non-hydrogen) atoms. The number of halogens is 1. The average Bonchev–Trinajstić information content (AvgIpc) is 2.97. The molecule has 2 rings (SSSR count). The Kier molecular flexibility index (Phi) is 9.47. The minimum Gasteiger partial charge on any atom is -0.493 e. The van der Waals surface area contributed by atoms with Crippen LogP contribution in [-0.2, 0) is 10.0 Å². The quantitative estimate of drug-likeness (QED) is 0.205. The highest BCUT2D eigenvalue weighted by Crippen LogP contribution is 2.29. The number of aryl methyl sites for hydroxylation is 2. The molecule has 0 aliphatic rings. The fourth-order valence-corrected chi connectivity index (χ4v) is 4.98. The maximum Gasteiger partial charge on any atom is 0.241 e. The van der Waals surface area contributed by atoms with E-state index in [1.54, 1.807) is 45.4 Å². The first-order valence-electron chi connectivity index (χ1n) is 8.12. The van der Waals surface area contributed by atoms with Gasteiger partial charge in [-0.25, -0.2) is 13.1 Å². The molecule has 0 atom stereocenters. The lowest BCUT2D eigenvalue weighted by Crippen LogP contribution is -2.28. The monoisotopic (exact) mass is 540 g/mol. The minimum absolute atomic E-state index is 0. The number of nitrogens with zero attached hydrogens (tertiary/aromatic N) is 1. The predicted octanol–water partition coefficient (Wildman–Crippen LogP) is 2.71. The SMILES string of the molecule is COc1ccc(NC(N)=NCCNS(=O)(=O)c2cc(C)sc2C)cc1OC.I. The first kappa shape index (κ1) is 24.5. The van der Waals surface area contributed by atoms with Crippen molar-refractivity contribution < 1.29 is 17.9 Å². The molecule has 1 aromatic carbocycles. The van der Waals surface area contributed by atoms with Crippen LogP contribution in [0.3, 0.4) is 0 Å². The van der Waals surface area contributed by atoms with Crippen molar-refractivity contribution in [2.45, 2.75) is 18.7 Å². The van der Waals surface area contributed by atoms with Crippen molar-refractivity contribution in [1.29, 1.82) is 0 Å². The van der Waals surface area contributed by atoms with Crippen LogP contribution in [0.1, 0.15) is 9.75 Å². The van der Waals surface area contributed by atoms with E-state index in [-0.39, 0.29) is 43.0 Å². The van der Waals surface area contributed by atoms with Gasteiger partial charge in [0.15, 0.2) is 17.5 Å². The number of methoxy groups -OCH3 is 2. The van der Waals surface area contributed by atoms with Gasteiger partial charge in [0.2, 0.25) is 10.0 Å². The molecule has 4 N–H and O–H groups in total. The Labute approximate surface area is 186 Å². The van der Waals surface area contributed by atoms with Gasteiger partial charge >= 0.3 is 0 Å². The van der Waals surface area contributed by atoms with E-state index >= 15 is 0 Å². The molecule has 156 valence electrons. The average molecular weight is 540 g/mol. The van der Waals surface area contributed by atoms with Crippen molar-refractivity contribution in [3.8, 4) is 11.5 Å². The first-order chi connectivity index (χ1) is 12.8. The number of guanidine groups is 1. The van der Waals surface area contributed by atoms with Gasteiger partial charge in [-0.15, -0.1) is 35.3 Å². The number of ether oxygens (including phenoxy) is 2. The predicted molar refractivity (Wildman–Crippen MR) is 124 cm³/mol. The van der Waals surface area contributed by atoms with Crippen LogP contribution in [0.25, 0.3) is 0 Å². The second-order valence-electron chi connectivity index (χ2n) is 5.64. The van der Waals surface area contributed by atoms with Crippen LogP contribution < -0.4 is 25.2 Å². The normalized spacial score (nSPS) is 11.6. The topological polar surface area (TPSA) is 115 Å². The minimum atomic E-state index is -3.54. The molecule has 0 bridgehead atoms. The number of rotatable bonds is 8. The Morgan fingerprint density at radius 3 is 2.43 bits per heavy atom. The molecule has 0 spiro atoms. The lowest BCUT2D eigenvalue weighted by molar-refractivity contribution is 0.355. The van der Waals surface area contributed by atoms with E-state index < -0.39 is 10.0 Å². The molecular formula is C17H25IN4O4S2. The maximum atomic E-state index is 12.3. The first-order valence-corrected chi connectivity index (χ1v) is 10.4. The van der Waals surface area contributed by atoms with Gasteiger partial charge in [0.05, 0.1) is 25.7 Å². The fourth-order valence-electron chi connectivity index (χ4n) is 2.41. The summed E-state index contributed by atoms with van der Waals surface area (Å²) in [7, 11) is -0.444. The van der Waals surface area contributed by atoms with Crippen molar-refractivity contribution in [2.75, 3.05) is 32.6 Å².